The first-order chi connectivity index (χ1) is 6.70. The highest BCUT2D eigenvalue weighted by Gasteiger charge is 2.10. The molecule has 1 N–H and O–H groups in total. The van der Waals surface area contributed by atoms with Gasteiger partial charge in [0.05, 0.1) is 5.56 Å². The van der Waals surface area contributed by atoms with Crippen LogP contribution in [0.25, 0.3) is 11.4 Å². The Hall–Kier alpha value is -1.49. The Morgan fingerprint density at radius 2 is 2.00 bits per heavy atom. The summed E-state index contributed by atoms with van der Waals surface area (Å²) >= 11 is 4.11. The van der Waals surface area contributed by atoms with Gasteiger partial charge in [-0.25, -0.2) is 0 Å². The molecule has 1 heterocycles. The normalized spacial score (nSPS) is 10.4. The molecule has 0 aliphatic carbocycles. The molecule has 0 radical (unpaired) electrons. The summed E-state index contributed by atoms with van der Waals surface area (Å²) in [7, 11) is 1.80. The molecule has 1 aromatic heterocycles. The Morgan fingerprint density at radius 3 is 2.57 bits per heavy atom. The van der Waals surface area contributed by atoms with Crippen LogP contribution in [-0.2, 0) is 7.05 Å². The van der Waals surface area contributed by atoms with Crippen molar-refractivity contribution in [3.63, 3.8) is 0 Å². The van der Waals surface area contributed by atoms with Crippen LogP contribution in [0.1, 0.15) is 0 Å². The maximum absolute atomic E-state index is 9.59. The summed E-state index contributed by atoms with van der Waals surface area (Å²) in [6.07, 6.45) is 0. The lowest BCUT2D eigenvalue weighted by atomic mass is 10.2. The van der Waals surface area contributed by atoms with Gasteiger partial charge in [-0.05, 0) is 12.1 Å². The third-order valence-electron chi connectivity index (χ3n) is 2.00. The lowest BCUT2D eigenvalue weighted by Crippen LogP contribution is -1.93. The van der Waals surface area contributed by atoms with E-state index in [2.05, 4.69) is 22.8 Å². The molecule has 5 heteroatoms. The molecular formula is C9H9N3OS. The van der Waals surface area contributed by atoms with Crippen LogP contribution in [0, 0.1) is 0 Å². The van der Waals surface area contributed by atoms with Crippen LogP contribution < -0.4 is 0 Å². The van der Waals surface area contributed by atoms with E-state index in [4.69, 9.17) is 0 Å². The average Bonchev–Trinajstić information content (AvgIpc) is 2.49. The number of aromatic hydroxyl groups is 1. The first-order valence-electron chi connectivity index (χ1n) is 4.07. The van der Waals surface area contributed by atoms with Crippen LogP contribution in [0.2, 0.25) is 0 Å². The van der Waals surface area contributed by atoms with Crippen molar-refractivity contribution in [3.8, 4) is 17.1 Å². The van der Waals surface area contributed by atoms with Gasteiger partial charge in [-0.2, -0.15) is 0 Å². The third kappa shape index (κ3) is 1.35. The lowest BCUT2D eigenvalue weighted by Gasteiger charge is -2.02. The number of phenolic OH excluding ortho intramolecular Hbond substituents is 1. The number of phenols is 1. The van der Waals surface area contributed by atoms with E-state index in [1.807, 2.05) is 6.07 Å². The number of para-hydroxylation sites is 1. The highest BCUT2D eigenvalue weighted by atomic mass is 32.1. The fourth-order valence-corrected chi connectivity index (χ4v) is 1.36. The van der Waals surface area contributed by atoms with E-state index in [0.717, 1.165) is 0 Å². The summed E-state index contributed by atoms with van der Waals surface area (Å²) in [6, 6.07) is 6.99. The zero-order valence-corrected chi connectivity index (χ0v) is 8.44. The molecule has 0 bridgehead atoms. The molecule has 0 saturated heterocycles. The Bertz CT molecular complexity index is 467. The van der Waals surface area contributed by atoms with Crippen LogP contribution >= 0.6 is 12.6 Å². The molecule has 4 nitrogen and oxygen atoms in total. The molecule has 0 unspecified atom stereocenters. The summed E-state index contributed by atoms with van der Waals surface area (Å²) in [5.41, 5.74) is 0.655. The first-order valence-corrected chi connectivity index (χ1v) is 4.51. The van der Waals surface area contributed by atoms with Crippen LogP contribution in [0.4, 0.5) is 0 Å². The van der Waals surface area contributed by atoms with E-state index >= 15 is 0 Å². The van der Waals surface area contributed by atoms with Gasteiger partial charge in [-0.1, -0.05) is 12.1 Å². The van der Waals surface area contributed by atoms with E-state index in [1.165, 1.54) is 0 Å². The minimum Gasteiger partial charge on any atom is -0.507 e. The first kappa shape index (κ1) is 9.08. The second kappa shape index (κ2) is 3.34. The molecule has 2 rings (SSSR count). The second-order valence-electron chi connectivity index (χ2n) is 2.90. The topological polar surface area (TPSA) is 50.9 Å². The van der Waals surface area contributed by atoms with Gasteiger partial charge in [0.25, 0.3) is 0 Å². The number of hydrogen-bond donors (Lipinski definition) is 2. The van der Waals surface area contributed by atoms with Crippen molar-refractivity contribution in [1.29, 1.82) is 0 Å². The highest BCUT2D eigenvalue weighted by molar-refractivity contribution is 7.80. The smallest absolute Gasteiger partial charge is 0.188 e. The maximum Gasteiger partial charge on any atom is 0.188 e. The van der Waals surface area contributed by atoms with Crippen LogP contribution in [-0.4, -0.2) is 19.9 Å². The molecule has 1 aromatic carbocycles. The van der Waals surface area contributed by atoms with E-state index in [9.17, 15) is 5.11 Å². The largest absolute Gasteiger partial charge is 0.507 e. The predicted molar refractivity (Wildman–Crippen MR) is 55.4 cm³/mol. The quantitative estimate of drug-likeness (QED) is 0.696. The van der Waals surface area contributed by atoms with Crippen LogP contribution in [0.5, 0.6) is 5.75 Å². The Morgan fingerprint density at radius 1 is 1.29 bits per heavy atom. The van der Waals surface area contributed by atoms with Crippen LogP contribution in [0.3, 0.4) is 0 Å². The van der Waals surface area contributed by atoms with Gasteiger partial charge in [-0.15, -0.1) is 22.8 Å². The minimum absolute atomic E-state index is 0.191. The summed E-state index contributed by atoms with van der Waals surface area (Å²) in [4.78, 5) is 0. The molecule has 0 aliphatic rings. The SMILES string of the molecule is Cn1c(S)nnc1-c1ccccc1O. The van der Waals surface area contributed by atoms with Gasteiger partial charge in [0, 0.05) is 7.05 Å². The molecule has 2 aromatic rings. The van der Waals surface area contributed by atoms with Gasteiger partial charge in [0.15, 0.2) is 11.0 Å². The molecule has 72 valence electrons. The second-order valence-corrected chi connectivity index (χ2v) is 3.30. The van der Waals surface area contributed by atoms with E-state index in [1.54, 1.807) is 29.8 Å². The Kier molecular flexibility index (Phi) is 2.17. The van der Waals surface area contributed by atoms with Gasteiger partial charge in [0.2, 0.25) is 0 Å². The lowest BCUT2D eigenvalue weighted by molar-refractivity contribution is 0.476. The summed E-state index contributed by atoms with van der Waals surface area (Å²) in [5, 5.41) is 17.8. The van der Waals surface area contributed by atoms with Gasteiger partial charge in [-0.3, -0.25) is 0 Å². The standard InChI is InChI=1S/C9H9N3OS/c1-12-8(10-11-9(12)14)6-4-2-3-5-7(6)13/h2-5,13H,1H3,(H,11,14). The summed E-state index contributed by atoms with van der Waals surface area (Å²) in [6.45, 7) is 0. The molecular weight excluding hydrogens is 198 g/mol. The highest BCUT2D eigenvalue weighted by Crippen LogP contribution is 2.27. The number of benzene rings is 1. The monoisotopic (exact) mass is 207 g/mol. The number of nitrogens with zero attached hydrogens (tertiary/aromatic N) is 3. The van der Waals surface area contributed by atoms with Crippen molar-refractivity contribution < 1.29 is 5.11 Å². The molecule has 0 aliphatic heterocycles. The van der Waals surface area contributed by atoms with E-state index < -0.39 is 0 Å². The van der Waals surface area contributed by atoms with Crippen molar-refractivity contribution in [2.45, 2.75) is 5.16 Å². The van der Waals surface area contributed by atoms with Crippen molar-refractivity contribution in [2.75, 3.05) is 0 Å². The number of hydrogen-bond acceptors (Lipinski definition) is 4. The third-order valence-corrected chi connectivity index (χ3v) is 2.39. The number of aromatic nitrogens is 3. The van der Waals surface area contributed by atoms with Crippen molar-refractivity contribution in [2.24, 2.45) is 7.05 Å². The van der Waals surface area contributed by atoms with Crippen molar-refractivity contribution >= 4 is 12.6 Å². The molecule has 0 amide bonds. The molecule has 14 heavy (non-hydrogen) atoms. The van der Waals surface area contributed by atoms with Gasteiger partial charge >= 0.3 is 0 Å². The zero-order chi connectivity index (χ0) is 10.1. The fourth-order valence-electron chi connectivity index (χ4n) is 1.22. The number of thiol groups is 1. The Labute approximate surface area is 86.6 Å². The fraction of sp³-hybridized carbons (Fsp3) is 0.111. The molecule has 0 saturated carbocycles. The van der Waals surface area contributed by atoms with E-state index in [0.29, 0.717) is 16.5 Å². The zero-order valence-electron chi connectivity index (χ0n) is 7.55. The maximum atomic E-state index is 9.59. The van der Waals surface area contributed by atoms with Crippen molar-refractivity contribution in [3.05, 3.63) is 24.3 Å². The van der Waals surface area contributed by atoms with Crippen molar-refractivity contribution in [1.82, 2.24) is 14.8 Å². The molecule has 0 fully saturated rings. The average molecular weight is 207 g/mol. The summed E-state index contributed by atoms with van der Waals surface area (Å²) in [5.74, 6) is 0.796. The van der Waals surface area contributed by atoms with Crippen LogP contribution in [0.15, 0.2) is 29.4 Å². The van der Waals surface area contributed by atoms with E-state index in [-0.39, 0.29) is 5.75 Å². The van der Waals surface area contributed by atoms with Gasteiger partial charge < -0.3 is 9.67 Å². The Balaban J connectivity index is 2.60. The van der Waals surface area contributed by atoms with Gasteiger partial charge in [0.1, 0.15) is 5.75 Å². The molecule has 0 spiro atoms. The summed E-state index contributed by atoms with van der Waals surface area (Å²) < 4.78 is 1.71. The number of rotatable bonds is 1. The molecule has 0 atom stereocenters. The predicted octanol–water partition coefficient (Wildman–Crippen LogP) is 1.48. The minimum atomic E-state index is 0.191.